The predicted molar refractivity (Wildman–Crippen MR) is 92.8 cm³/mol. The number of nitrogens with one attached hydrogen (secondary N) is 2. The van der Waals surface area contributed by atoms with Crippen molar-refractivity contribution in [3.63, 3.8) is 0 Å². The smallest absolute Gasteiger partial charge is 0.263 e. The monoisotopic (exact) mass is 375 g/mol. The Morgan fingerprint density at radius 3 is 2.42 bits per heavy atom. The van der Waals surface area contributed by atoms with Crippen molar-refractivity contribution in [2.45, 2.75) is 11.8 Å². The molecule has 0 saturated carbocycles. The largest absolute Gasteiger partial charge is 0.360 e. The molecule has 7 nitrogen and oxygen atoms in total. The van der Waals surface area contributed by atoms with Gasteiger partial charge in [-0.25, -0.2) is 12.8 Å². The van der Waals surface area contributed by atoms with E-state index in [1.54, 1.807) is 13.0 Å². The Morgan fingerprint density at radius 1 is 1.12 bits per heavy atom. The topological polar surface area (TPSA) is 101 Å². The molecule has 1 aromatic heterocycles. The molecule has 0 radical (unpaired) electrons. The van der Waals surface area contributed by atoms with Crippen LogP contribution in [0, 0.1) is 12.7 Å². The van der Waals surface area contributed by atoms with Gasteiger partial charge in [-0.2, -0.15) is 0 Å². The third kappa shape index (κ3) is 3.89. The summed E-state index contributed by atoms with van der Waals surface area (Å²) in [6.07, 6.45) is 0. The van der Waals surface area contributed by atoms with E-state index < -0.39 is 21.7 Å². The Bertz CT molecular complexity index is 1050. The molecule has 0 saturated heterocycles. The Morgan fingerprint density at radius 2 is 1.81 bits per heavy atom. The summed E-state index contributed by atoms with van der Waals surface area (Å²) in [5, 5.41) is 5.99. The first-order valence-electron chi connectivity index (χ1n) is 7.47. The summed E-state index contributed by atoms with van der Waals surface area (Å²) in [4.78, 5) is 12.1. The van der Waals surface area contributed by atoms with Crippen LogP contribution in [0.4, 0.5) is 15.9 Å². The summed E-state index contributed by atoms with van der Waals surface area (Å²) in [6, 6.07) is 12.4. The second-order valence-electron chi connectivity index (χ2n) is 5.39. The van der Waals surface area contributed by atoms with Crippen LogP contribution in [0.25, 0.3) is 0 Å². The van der Waals surface area contributed by atoms with E-state index in [9.17, 15) is 17.6 Å². The third-order valence-corrected chi connectivity index (χ3v) is 4.79. The van der Waals surface area contributed by atoms with Gasteiger partial charge in [0.05, 0.1) is 10.6 Å². The zero-order valence-electron chi connectivity index (χ0n) is 13.6. The normalized spacial score (nSPS) is 11.2. The van der Waals surface area contributed by atoms with Gasteiger partial charge in [-0.1, -0.05) is 17.3 Å². The van der Waals surface area contributed by atoms with Crippen LogP contribution >= 0.6 is 0 Å². The van der Waals surface area contributed by atoms with Crippen molar-refractivity contribution in [3.05, 3.63) is 71.7 Å². The highest BCUT2D eigenvalue weighted by atomic mass is 32.2. The van der Waals surface area contributed by atoms with E-state index in [1.165, 1.54) is 48.5 Å². The minimum atomic E-state index is -3.87. The summed E-state index contributed by atoms with van der Waals surface area (Å²) in [7, 11) is -3.87. The average Bonchev–Trinajstić information content (AvgIpc) is 3.01. The molecule has 3 aromatic rings. The van der Waals surface area contributed by atoms with Crippen LogP contribution in [0.5, 0.6) is 0 Å². The van der Waals surface area contributed by atoms with Gasteiger partial charge in [0.1, 0.15) is 11.6 Å². The zero-order chi connectivity index (χ0) is 18.7. The van der Waals surface area contributed by atoms with Gasteiger partial charge in [-0.3, -0.25) is 9.52 Å². The van der Waals surface area contributed by atoms with Gasteiger partial charge in [0, 0.05) is 11.6 Å². The first kappa shape index (κ1) is 17.6. The summed E-state index contributed by atoms with van der Waals surface area (Å²) in [5.74, 6) is -0.599. The molecule has 3 rings (SSSR count). The minimum Gasteiger partial charge on any atom is -0.360 e. The number of aromatic nitrogens is 1. The lowest BCUT2D eigenvalue weighted by Gasteiger charge is -2.08. The Balaban J connectivity index is 1.75. The van der Waals surface area contributed by atoms with Crippen LogP contribution in [0.2, 0.25) is 0 Å². The standard InChI is InChI=1S/C17H14FN3O4S/c1-11-10-16(20-25-11)21-26(23,24)13-8-6-12(7-9-13)17(22)19-15-5-3-2-4-14(15)18/h2-10H,1H3,(H,19,22)(H,20,21). The second-order valence-corrected chi connectivity index (χ2v) is 7.07. The molecule has 0 bridgehead atoms. The molecular weight excluding hydrogens is 361 g/mol. The summed E-state index contributed by atoms with van der Waals surface area (Å²) in [6.45, 7) is 1.63. The maximum absolute atomic E-state index is 13.6. The number of amides is 1. The summed E-state index contributed by atoms with van der Waals surface area (Å²) in [5.41, 5.74) is 0.224. The second kappa shape index (κ2) is 6.96. The fourth-order valence-corrected chi connectivity index (χ4v) is 3.14. The average molecular weight is 375 g/mol. The Labute approximate surface area is 148 Å². The number of hydrogen-bond acceptors (Lipinski definition) is 5. The van der Waals surface area contributed by atoms with Gasteiger partial charge in [-0.15, -0.1) is 0 Å². The van der Waals surface area contributed by atoms with Crippen LogP contribution in [-0.4, -0.2) is 19.5 Å². The molecule has 0 spiro atoms. The number of aryl methyl sites for hydroxylation is 1. The number of anilines is 2. The number of rotatable bonds is 5. The van der Waals surface area contributed by atoms with Crippen molar-refractivity contribution in [1.82, 2.24) is 5.16 Å². The van der Waals surface area contributed by atoms with Crippen molar-refractivity contribution in [1.29, 1.82) is 0 Å². The van der Waals surface area contributed by atoms with Gasteiger partial charge >= 0.3 is 0 Å². The van der Waals surface area contributed by atoms with E-state index in [0.29, 0.717) is 5.76 Å². The number of hydrogen-bond donors (Lipinski definition) is 2. The van der Waals surface area contributed by atoms with Crippen LogP contribution in [0.15, 0.2) is 64.0 Å². The fraction of sp³-hybridized carbons (Fsp3) is 0.0588. The van der Waals surface area contributed by atoms with E-state index in [4.69, 9.17) is 4.52 Å². The molecule has 1 heterocycles. The van der Waals surface area contributed by atoms with E-state index in [0.717, 1.165) is 0 Å². The highest BCUT2D eigenvalue weighted by molar-refractivity contribution is 7.92. The Kier molecular flexibility index (Phi) is 4.72. The summed E-state index contributed by atoms with van der Waals surface area (Å²) < 4.78 is 45.2. The van der Waals surface area contributed by atoms with E-state index >= 15 is 0 Å². The number of carbonyl (C=O) groups excluding carboxylic acids is 1. The van der Waals surface area contributed by atoms with Crippen molar-refractivity contribution in [3.8, 4) is 0 Å². The van der Waals surface area contributed by atoms with Gasteiger partial charge in [0.15, 0.2) is 5.82 Å². The molecule has 0 aliphatic carbocycles. The zero-order valence-corrected chi connectivity index (χ0v) is 14.4. The summed E-state index contributed by atoms with van der Waals surface area (Å²) >= 11 is 0. The van der Waals surface area contributed by atoms with E-state index in [2.05, 4.69) is 15.2 Å². The van der Waals surface area contributed by atoms with E-state index in [-0.39, 0.29) is 22.0 Å². The number of nitrogens with zero attached hydrogens (tertiary/aromatic N) is 1. The van der Waals surface area contributed by atoms with Crippen molar-refractivity contribution < 1.29 is 22.1 Å². The van der Waals surface area contributed by atoms with Crippen LogP contribution in [0.1, 0.15) is 16.1 Å². The molecule has 0 unspecified atom stereocenters. The molecule has 2 N–H and O–H groups in total. The predicted octanol–water partition coefficient (Wildman–Crippen LogP) is 3.18. The van der Waals surface area contributed by atoms with Gasteiger partial charge in [0.25, 0.3) is 15.9 Å². The SMILES string of the molecule is Cc1cc(NS(=O)(=O)c2ccc(C(=O)Nc3ccccc3F)cc2)no1. The van der Waals surface area contributed by atoms with Crippen LogP contribution < -0.4 is 10.0 Å². The van der Waals surface area contributed by atoms with Crippen LogP contribution in [-0.2, 0) is 10.0 Å². The lowest BCUT2D eigenvalue weighted by Crippen LogP contribution is -2.15. The van der Waals surface area contributed by atoms with Crippen molar-refractivity contribution >= 4 is 27.4 Å². The molecule has 134 valence electrons. The van der Waals surface area contributed by atoms with Gasteiger partial charge in [-0.05, 0) is 43.3 Å². The molecule has 0 fully saturated rings. The molecule has 0 atom stereocenters. The number of benzene rings is 2. The number of halogens is 1. The number of sulfonamides is 1. The lowest BCUT2D eigenvalue weighted by molar-refractivity contribution is 0.102. The Hall–Kier alpha value is -3.20. The molecule has 0 aliphatic rings. The molecule has 9 heteroatoms. The van der Waals surface area contributed by atoms with Crippen molar-refractivity contribution in [2.24, 2.45) is 0 Å². The van der Waals surface area contributed by atoms with Crippen LogP contribution in [0.3, 0.4) is 0 Å². The number of para-hydroxylation sites is 1. The minimum absolute atomic E-state index is 0.0391. The first-order valence-corrected chi connectivity index (χ1v) is 8.95. The highest BCUT2D eigenvalue weighted by Gasteiger charge is 2.17. The number of carbonyl (C=O) groups is 1. The molecule has 26 heavy (non-hydrogen) atoms. The lowest BCUT2D eigenvalue weighted by atomic mass is 10.2. The molecule has 0 aliphatic heterocycles. The quantitative estimate of drug-likeness (QED) is 0.713. The van der Waals surface area contributed by atoms with Crippen molar-refractivity contribution in [2.75, 3.05) is 10.0 Å². The highest BCUT2D eigenvalue weighted by Crippen LogP contribution is 2.18. The third-order valence-electron chi connectivity index (χ3n) is 3.42. The van der Waals surface area contributed by atoms with E-state index in [1.807, 2.05) is 0 Å². The maximum Gasteiger partial charge on any atom is 0.263 e. The molecule has 1 amide bonds. The fourth-order valence-electron chi connectivity index (χ4n) is 2.15. The van der Waals surface area contributed by atoms with Gasteiger partial charge < -0.3 is 9.84 Å². The maximum atomic E-state index is 13.6. The molecular formula is C17H14FN3O4S. The van der Waals surface area contributed by atoms with Gasteiger partial charge in [0.2, 0.25) is 0 Å². The first-order chi connectivity index (χ1) is 12.3. The molecule has 2 aromatic carbocycles.